The van der Waals surface area contributed by atoms with Crippen LogP contribution in [0.5, 0.6) is 5.75 Å². The fourth-order valence-corrected chi connectivity index (χ4v) is 4.19. The SMILES string of the molecule is [2H]C([2H])([2H])N(Cc1c(O)ccc2nc3c(cc12)Cn1c-3cc([C@@](O)(CC)C(=O)O)c(CO)c1=O)C([2H])([2H])[2H]. The molecular formula is C23H25N3O6. The molecule has 4 rings (SSSR count). The van der Waals surface area contributed by atoms with E-state index in [0.717, 1.165) is 0 Å². The van der Waals surface area contributed by atoms with Crippen LogP contribution in [0.3, 0.4) is 0 Å². The molecule has 32 heavy (non-hydrogen) atoms. The molecule has 9 heteroatoms. The van der Waals surface area contributed by atoms with E-state index < -0.39 is 44.2 Å². The highest BCUT2D eigenvalue weighted by Gasteiger charge is 2.40. The van der Waals surface area contributed by atoms with Crippen molar-refractivity contribution >= 4 is 16.9 Å². The van der Waals surface area contributed by atoms with Crippen LogP contribution in [0.4, 0.5) is 0 Å². The summed E-state index contributed by atoms with van der Waals surface area (Å²) in [4.78, 5) is 30.0. The Morgan fingerprint density at radius 1 is 1.31 bits per heavy atom. The average molecular weight is 446 g/mol. The minimum absolute atomic E-state index is 0.0105. The van der Waals surface area contributed by atoms with Crippen LogP contribution in [0.2, 0.25) is 0 Å². The Labute approximate surface area is 192 Å². The van der Waals surface area contributed by atoms with Gasteiger partial charge in [0, 0.05) is 42.4 Å². The van der Waals surface area contributed by atoms with Crippen molar-refractivity contribution < 1.29 is 33.4 Å². The molecule has 1 aliphatic heterocycles. The summed E-state index contributed by atoms with van der Waals surface area (Å²) in [5, 5.41) is 41.2. The first-order chi connectivity index (χ1) is 17.5. The zero-order valence-electron chi connectivity index (χ0n) is 23.1. The largest absolute Gasteiger partial charge is 0.508 e. The van der Waals surface area contributed by atoms with Crippen LogP contribution in [0.15, 0.2) is 29.1 Å². The maximum atomic E-state index is 13.2. The lowest BCUT2D eigenvalue weighted by Gasteiger charge is -2.25. The molecule has 3 aromatic rings. The van der Waals surface area contributed by atoms with E-state index in [1.807, 2.05) is 0 Å². The number of hydrogen-bond donors (Lipinski definition) is 4. The first-order valence-electron chi connectivity index (χ1n) is 12.8. The van der Waals surface area contributed by atoms with Crippen LogP contribution in [-0.2, 0) is 30.1 Å². The monoisotopic (exact) mass is 445 g/mol. The third-order valence-electron chi connectivity index (χ3n) is 5.92. The summed E-state index contributed by atoms with van der Waals surface area (Å²) in [5.74, 6) is -1.93. The van der Waals surface area contributed by atoms with Crippen LogP contribution >= 0.6 is 0 Å². The third kappa shape index (κ3) is 3.17. The van der Waals surface area contributed by atoms with Gasteiger partial charge in [-0.2, -0.15) is 0 Å². The number of carboxylic acids is 1. The highest BCUT2D eigenvalue weighted by molar-refractivity contribution is 5.89. The molecule has 9 nitrogen and oxygen atoms in total. The first-order valence-corrected chi connectivity index (χ1v) is 9.81. The highest BCUT2D eigenvalue weighted by atomic mass is 16.4. The summed E-state index contributed by atoms with van der Waals surface area (Å²) in [6.07, 6.45) is -0.275. The zero-order chi connectivity index (χ0) is 28.4. The van der Waals surface area contributed by atoms with E-state index in [0.29, 0.717) is 10.5 Å². The smallest absolute Gasteiger partial charge is 0.340 e. The van der Waals surface area contributed by atoms with Gasteiger partial charge in [0.05, 0.1) is 30.1 Å². The molecule has 0 fully saturated rings. The topological polar surface area (TPSA) is 136 Å². The van der Waals surface area contributed by atoms with Crippen molar-refractivity contribution in [3.05, 3.63) is 56.9 Å². The Bertz CT molecular complexity index is 1500. The lowest BCUT2D eigenvalue weighted by molar-refractivity contribution is -0.160. The van der Waals surface area contributed by atoms with Crippen LogP contribution in [0.25, 0.3) is 22.3 Å². The number of rotatable bonds is 6. The summed E-state index contributed by atoms with van der Waals surface area (Å²) in [5.41, 5.74) is -2.47. The van der Waals surface area contributed by atoms with Crippen molar-refractivity contribution in [3.8, 4) is 17.1 Å². The molecule has 1 aromatic carbocycles. The van der Waals surface area contributed by atoms with Crippen LogP contribution in [0.1, 0.15) is 43.8 Å². The second kappa shape index (κ2) is 7.70. The summed E-state index contributed by atoms with van der Waals surface area (Å²) in [7, 11) is 0. The number of aliphatic hydroxyl groups excluding tert-OH is 1. The Morgan fingerprint density at radius 2 is 2.06 bits per heavy atom. The van der Waals surface area contributed by atoms with Crippen molar-refractivity contribution in [2.75, 3.05) is 14.0 Å². The van der Waals surface area contributed by atoms with Gasteiger partial charge < -0.3 is 29.9 Å². The lowest BCUT2D eigenvalue weighted by atomic mass is 9.87. The maximum absolute atomic E-state index is 13.2. The number of carbonyl (C=O) groups is 1. The number of hydrogen-bond acceptors (Lipinski definition) is 7. The quantitative estimate of drug-likeness (QED) is 0.349. The second-order valence-corrected chi connectivity index (χ2v) is 7.70. The molecule has 3 heterocycles. The number of aromatic nitrogens is 2. The average Bonchev–Trinajstić information content (AvgIpc) is 3.17. The number of carboxylic acid groups (broad SMARTS) is 1. The number of phenols is 1. The number of pyridine rings is 2. The molecule has 0 spiro atoms. The van der Waals surface area contributed by atoms with Crippen molar-refractivity contribution in [1.82, 2.24) is 14.5 Å². The number of aromatic hydroxyl groups is 1. The Kier molecular flexibility index (Phi) is 3.73. The third-order valence-corrected chi connectivity index (χ3v) is 5.92. The summed E-state index contributed by atoms with van der Waals surface area (Å²) >= 11 is 0. The van der Waals surface area contributed by atoms with Crippen molar-refractivity contribution in [1.29, 1.82) is 0 Å². The van der Waals surface area contributed by atoms with Crippen molar-refractivity contribution in [3.63, 3.8) is 0 Å². The molecule has 1 aliphatic rings. The normalized spacial score (nSPS) is 18.0. The van der Waals surface area contributed by atoms with E-state index >= 15 is 0 Å². The molecule has 0 amide bonds. The molecule has 0 saturated heterocycles. The van der Waals surface area contributed by atoms with E-state index in [1.54, 1.807) is 6.07 Å². The van der Waals surface area contributed by atoms with Gasteiger partial charge in [-0.05, 0) is 44.6 Å². The van der Waals surface area contributed by atoms with Crippen LogP contribution in [0, 0.1) is 0 Å². The second-order valence-electron chi connectivity index (χ2n) is 7.70. The minimum atomic E-state index is -3.00. The predicted molar refractivity (Wildman–Crippen MR) is 117 cm³/mol. The van der Waals surface area contributed by atoms with Crippen LogP contribution < -0.4 is 5.56 Å². The van der Waals surface area contributed by atoms with E-state index in [4.69, 9.17) is 8.22 Å². The Morgan fingerprint density at radius 3 is 2.69 bits per heavy atom. The predicted octanol–water partition coefficient (Wildman–Crippen LogP) is 1.37. The van der Waals surface area contributed by atoms with Gasteiger partial charge in [-0.25, -0.2) is 9.78 Å². The summed E-state index contributed by atoms with van der Waals surface area (Å²) in [6.45, 7) is -6.07. The van der Waals surface area contributed by atoms with Gasteiger partial charge >= 0.3 is 5.97 Å². The number of nitrogens with zero attached hydrogens (tertiary/aromatic N) is 3. The molecule has 0 radical (unpaired) electrons. The molecule has 2 aromatic heterocycles. The Balaban J connectivity index is 1.94. The van der Waals surface area contributed by atoms with E-state index in [9.17, 15) is 30.0 Å². The van der Waals surface area contributed by atoms with Crippen molar-refractivity contribution in [2.24, 2.45) is 0 Å². The van der Waals surface area contributed by atoms with Crippen molar-refractivity contribution in [2.45, 2.75) is 38.6 Å². The minimum Gasteiger partial charge on any atom is -0.508 e. The van der Waals surface area contributed by atoms with Gasteiger partial charge in [0.25, 0.3) is 5.56 Å². The number of aliphatic carboxylic acids is 1. The van der Waals surface area contributed by atoms with Gasteiger partial charge in [0.2, 0.25) is 0 Å². The lowest BCUT2D eigenvalue weighted by Crippen LogP contribution is -2.39. The number of aliphatic hydroxyl groups is 2. The van der Waals surface area contributed by atoms with Gasteiger partial charge in [0.15, 0.2) is 5.60 Å². The molecular weight excluding hydrogens is 414 g/mol. The molecule has 4 N–H and O–H groups in total. The fourth-order valence-electron chi connectivity index (χ4n) is 4.19. The van der Waals surface area contributed by atoms with Crippen LogP contribution in [-0.4, -0.2) is 54.8 Å². The number of fused-ring (bicyclic) bond motifs is 4. The van der Waals surface area contributed by atoms with Gasteiger partial charge in [-0.15, -0.1) is 0 Å². The standard InChI is InChI=1S/C23H25N3O6/c1-4-23(32,22(30)31)16-8-18-20-12(9-26(18)21(29)15(16)11-27)7-13-14(10-25(2)3)19(28)6-5-17(13)24-20/h5-8,27-28,32H,4,9-11H2,1-3H3,(H,30,31)/t23-/m0/s1/i2D3,3D3. The molecule has 0 bridgehead atoms. The van der Waals surface area contributed by atoms with Gasteiger partial charge in [-0.1, -0.05) is 6.92 Å². The van der Waals surface area contributed by atoms with Gasteiger partial charge in [-0.3, -0.25) is 4.79 Å². The fraction of sp³-hybridized carbons (Fsp3) is 0.348. The first kappa shape index (κ1) is 15.5. The zero-order valence-corrected chi connectivity index (χ0v) is 17.1. The summed E-state index contributed by atoms with van der Waals surface area (Å²) in [6, 6.07) is 5.54. The van der Waals surface area contributed by atoms with E-state index in [-0.39, 0.29) is 57.7 Å². The maximum Gasteiger partial charge on any atom is 0.340 e. The Hall–Kier alpha value is -3.27. The molecule has 1 atom stereocenters. The summed E-state index contributed by atoms with van der Waals surface area (Å²) < 4.78 is 47.1. The molecule has 0 aliphatic carbocycles. The molecule has 0 unspecified atom stereocenters. The van der Waals surface area contributed by atoms with Gasteiger partial charge in [0.1, 0.15) is 5.75 Å². The van der Waals surface area contributed by atoms with E-state index in [1.165, 1.54) is 29.7 Å². The number of phenolic OH excluding ortho intramolecular Hbond substituents is 1. The number of benzene rings is 1. The molecule has 168 valence electrons. The molecule has 0 saturated carbocycles. The highest BCUT2D eigenvalue weighted by Crippen LogP contribution is 2.38. The van der Waals surface area contributed by atoms with E-state index in [2.05, 4.69) is 4.98 Å².